The average molecular weight is 305 g/mol. The van der Waals surface area contributed by atoms with Gasteiger partial charge in [-0.3, -0.25) is 4.79 Å². The quantitative estimate of drug-likeness (QED) is 0.946. The molecule has 0 fully saturated rings. The highest BCUT2D eigenvalue weighted by Gasteiger charge is 2.22. The molecule has 2 aromatic rings. The number of carbonyl (C=O) groups is 1. The van der Waals surface area contributed by atoms with Crippen LogP contribution in [0.15, 0.2) is 6.33 Å². The van der Waals surface area contributed by atoms with Gasteiger partial charge in [-0.05, 0) is 45.6 Å². The first kappa shape index (κ1) is 14.3. The topological polar surface area (TPSA) is 64.1 Å². The Kier molecular flexibility index (Phi) is 3.57. The molecule has 3 rings (SSSR count). The SMILES string of the molecule is CC(C)(C)NC(=O)COc1ncnc2sc3c(c12)CCC3. The minimum absolute atomic E-state index is 0.0198. The zero-order valence-electron chi connectivity index (χ0n) is 12.5. The molecule has 2 aromatic heterocycles. The summed E-state index contributed by atoms with van der Waals surface area (Å²) in [5.41, 5.74) is 1.05. The lowest BCUT2D eigenvalue weighted by molar-refractivity contribution is -0.124. The Morgan fingerprint density at radius 3 is 2.95 bits per heavy atom. The number of rotatable bonds is 3. The summed E-state index contributed by atoms with van der Waals surface area (Å²) in [6, 6.07) is 0. The van der Waals surface area contributed by atoms with Crippen molar-refractivity contribution in [1.82, 2.24) is 15.3 Å². The van der Waals surface area contributed by atoms with Crippen molar-refractivity contribution in [2.45, 2.75) is 45.6 Å². The third-order valence-corrected chi connectivity index (χ3v) is 4.52. The molecule has 0 saturated heterocycles. The zero-order chi connectivity index (χ0) is 15.0. The number of nitrogens with one attached hydrogen (secondary N) is 1. The van der Waals surface area contributed by atoms with Crippen LogP contribution >= 0.6 is 11.3 Å². The first-order chi connectivity index (χ1) is 9.94. The monoisotopic (exact) mass is 305 g/mol. The molecular weight excluding hydrogens is 286 g/mol. The Hall–Kier alpha value is -1.69. The first-order valence-corrected chi connectivity index (χ1v) is 7.95. The van der Waals surface area contributed by atoms with E-state index in [1.165, 1.54) is 23.2 Å². The van der Waals surface area contributed by atoms with Gasteiger partial charge in [0.25, 0.3) is 5.91 Å². The van der Waals surface area contributed by atoms with E-state index in [4.69, 9.17) is 4.74 Å². The van der Waals surface area contributed by atoms with Crippen LogP contribution in [0.1, 0.15) is 37.6 Å². The minimum Gasteiger partial charge on any atom is -0.467 e. The van der Waals surface area contributed by atoms with Gasteiger partial charge in [0.1, 0.15) is 11.2 Å². The van der Waals surface area contributed by atoms with Gasteiger partial charge >= 0.3 is 0 Å². The number of thiophene rings is 1. The average Bonchev–Trinajstić information content (AvgIpc) is 2.94. The van der Waals surface area contributed by atoms with Crippen LogP contribution in [0.3, 0.4) is 0 Å². The summed E-state index contributed by atoms with van der Waals surface area (Å²) in [5.74, 6) is 0.393. The molecule has 112 valence electrons. The van der Waals surface area contributed by atoms with Gasteiger partial charge in [-0.1, -0.05) is 0 Å². The van der Waals surface area contributed by atoms with E-state index < -0.39 is 0 Å². The van der Waals surface area contributed by atoms with E-state index in [-0.39, 0.29) is 18.1 Å². The highest BCUT2D eigenvalue weighted by atomic mass is 32.1. The molecule has 21 heavy (non-hydrogen) atoms. The van der Waals surface area contributed by atoms with Gasteiger partial charge in [-0.2, -0.15) is 0 Å². The standard InChI is InChI=1S/C15H19N3O2S/c1-15(2,3)18-11(19)7-20-13-12-9-5-4-6-10(9)21-14(12)17-8-16-13/h8H,4-7H2,1-3H3,(H,18,19). The molecule has 6 heteroatoms. The molecule has 0 spiro atoms. The molecular formula is C15H19N3O2S. The van der Waals surface area contributed by atoms with Crippen molar-refractivity contribution in [1.29, 1.82) is 0 Å². The predicted molar refractivity (Wildman–Crippen MR) is 82.8 cm³/mol. The van der Waals surface area contributed by atoms with E-state index in [2.05, 4.69) is 15.3 Å². The normalized spacial score (nSPS) is 14.2. The van der Waals surface area contributed by atoms with Crippen LogP contribution in [-0.4, -0.2) is 28.0 Å². The van der Waals surface area contributed by atoms with Crippen molar-refractivity contribution in [2.75, 3.05) is 6.61 Å². The summed E-state index contributed by atoms with van der Waals surface area (Å²) in [6.07, 6.45) is 4.84. The van der Waals surface area contributed by atoms with E-state index >= 15 is 0 Å². The van der Waals surface area contributed by atoms with E-state index in [9.17, 15) is 4.79 Å². The van der Waals surface area contributed by atoms with Crippen LogP contribution in [0.4, 0.5) is 0 Å². The number of hydrogen-bond donors (Lipinski definition) is 1. The van der Waals surface area contributed by atoms with Crippen molar-refractivity contribution in [3.63, 3.8) is 0 Å². The van der Waals surface area contributed by atoms with Crippen LogP contribution in [0.2, 0.25) is 0 Å². The van der Waals surface area contributed by atoms with Crippen LogP contribution < -0.4 is 10.1 Å². The van der Waals surface area contributed by atoms with Crippen LogP contribution in [0.5, 0.6) is 5.88 Å². The van der Waals surface area contributed by atoms with Crippen LogP contribution in [0.25, 0.3) is 10.2 Å². The zero-order valence-corrected chi connectivity index (χ0v) is 13.3. The number of aryl methyl sites for hydroxylation is 2. The fraction of sp³-hybridized carbons (Fsp3) is 0.533. The van der Waals surface area contributed by atoms with Crippen molar-refractivity contribution in [3.05, 3.63) is 16.8 Å². The Labute approximate surface area is 127 Å². The third kappa shape index (κ3) is 3.00. The summed E-state index contributed by atoms with van der Waals surface area (Å²) in [7, 11) is 0. The highest BCUT2D eigenvalue weighted by Crippen LogP contribution is 2.39. The number of carbonyl (C=O) groups excluding carboxylic acids is 1. The molecule has 1 aliphatic rings. The first-order valence-electron chi connectivity index (χ1n) is 7.13. The molecule has 1 aliphatic carbocycles. The molecule has 2 heterocycles. The second kappa shape index (κ2) is 5.26. The molecule has 0 aliphatic heterocycles. The van der Waals surface area contributed by atoms with Gasteiger partial charge in [-0.25, -0.2) is 9.97 Å². The third-order valence-electron chi connectivity index (χ3n) is 3.32. The van der Waals surface area contributed by atoms with Crippen molar-refractivity contribution in [3.8, 4) is 5.88 Å². The summed E-state index contributed by atoms with van der Waals surface area (Å²) >= 11 is 1.71. The molecule has 0 bridgehead atoms. The van der Waals surface area contributed by atoms with Gasteiger partial charge in [0, 0.05) is 10.4 Å². The van der Waals surface area contributed by atoms with E-state index in [1.54, 1.807) is 11.3 Å². The van der Waals surface area contributed by atoms with Gasteiger partial charge in [0.2, 0.25) is 5.88 Å². The van der Waals surface area contributed by atoms with Gasteiger partial charge < -0.3 is 10.1 Å². The number of amides is 1. The predicted octanol–water partition coefficient (Wildman–Crippen LogP) is 2.47. The van der Waals surface area contributed by atoms with Crippen molar-refractivity contribution >= 4 is 27.5 Å². The highest BCUT2D eigenvalue weighted by molar-refractivity contribution is 7.18. The minimum atomic E-state index is -0.259. The molecule has 0 saturated carbocycles. The van der Waals surface area contributed by atoms with Crippen molar-refractivity contribution < 1.29 is 9.53 Å². The molecule has 5 nitrogen and oxygen atoms in total. The Balaban J connectivity index is 1.80. The van der Waals surface area contributed by atoms with Crippen molar-refractivity contribution in [2.24, 2.45) is 0 Å². The summed E-state index contributed by atoms with van der Waals surface area (Å²) in [5, 5.41) is 3.88. The smallest absolute Gasteiger partial charge is 0.258 e. The van der Waals surface area contributed by atoms with Gasteiger partial charge in [-0.15, -0.1) is 11.3 Å². The number of hydrogen-bond acceptors (Lipinski definition) is 5. The maximum absolute atomic E-state index is 11.9. The fourth-order valence-corrected chi connectivity index (χ4v) is 3.82. The largest absolute Gasteiger partial charge is 0.467 e. The van der Waals surface area contributed by atoms with Crippen LogP contribution in [0, 0.1) is 0 Å². The summed E-state index contributed by atoms with van der Waals surface area (Å²) in [4.78, 5) is 22.7. The molecule has 0 radical (unpaired) electrons. The van der Waals surface area contributed by atoms with E-state index in [0.29, 0.717) is 5.88 Å². The number of ether oxygens (including phenoxy) is 1. The molecule has 0 atom stereocenters. The molecule has 1 amide bonds. The van der Waals surface area contributed by atoms with E-state index in [0.717, 1.165) is 23.1 Å². The maximum atomic E-state index is 11.9. The Morgan fingerprint density at radius 2 is 2.19 bits per heavy atom. The number of aromatic nitrogens is 2. The summed E-state index contributed by atoms with van der Waals surface area (Å²) in [6.45, 7) is 5.81. The van der Waals surface area contributed by atoms with Gasteiger partial charge in [0.05, 0.1) is 5.39 Å². The Morgan fingerprint density at radius 1 is 1.38 bits per heavy atom. The fourth-order valence-electron chi connectivity index (χ4n) is 2.60. The second-order valence-electron chi connectivity index (χ2n) is 6.30. The van der Waals surface area contributed by atoms with E-state index in [1.807, 2.05) is 20.8 Å². The maximum Gasteiger partial charge on any atom is 0.258 e. The van der Waals surface area contributed by atoms with Crippen LogP contribution in [-0.2, 0) is 17.6 Å². The molecule has 0 aromatic carbocycles. The molecule has 1 N–H and O–H groups in total. The molecule has 0 unspecified atom stereocenters. The lowest BCUT2D eigenvalue weighted by atomic mass is 10.1. The lowest BCUT2D eigenvalue weighted by Crippen LogP contribution is -2.43. The number of fused-ring (bicyclic) bond motifs is 3. The van der Waals surface area contributed by atoms with Gasteiger partial charge in [0.15, 0.2) is 6.61 Å². The number of nitrogens with zero attached hydrogens (tertiary/aromatic N) is 2. The Bertz CT molecular complexity index is 688. The lowest BCUT2D eigenvalue weighted by Gasteiger charge is -2.20. The summed E-state index contributed by atoms with van der Waals surface area (Å²) < 4.78 is 5.65. The second-order valence-corrected chi connectivity index (χ2v) is 7.39.